The van der Waals surface area contributed by atoms with Crippen molar-refractivity contribution in [2.45, 2.75) is 12.5 Å². The van der Waals surface area contributed by atoms with Crippen LogP contribution < -0.4 is 5.32 Å². The van der Waals surface area contributed by atoms with Crippen LogP contribution in [0.1, 0.15) is 17.2 Å². The minimum atomic E-state index is -0.450. The van der Waals surface area contributed by atoms with Gasteiger partial charge in [-0.1, -0.05) is 41.9 Å². The van der Waals surface area contributed by atoms with Crippen molar-refractivity contribution >= 4 is 23.7 Å². The van der Waals surface area contributed by atoms with E-state index in [2.05, 4.69) is 5.32 Å². The number of hydrogen-bond acceptors (Lipinski definition) is 3. The van der Waals surface area contributed by atoms with Crippen LogP contribution in [-0.4, -0.2) is 11.3 Å². The molecule has 2 aromatic rings. The van der Waals surface area contributed by atoms with Gasteiger partial charge in [0.1, 0.15) is 0 Å². The summed E-state index contributed by atoms with van der Waals surface area (Å²) in [5.41, 5.74) is 1.35. The summed E-state index contributed by atoms with van der Waals surface area (Å²) >= 11 is 5.92. The zero-order valence-corrected chi connectivity index (χ0v) is 11.8. The quantitative estimate of drug-likeness (QED) is 0.505. The van der Waals surface area contributed by atoms with Crippen molar-refractivity contribution in [2.75, 3.05) is 0 Å². The lowest BCUT2D eigenvalue weighted by Crippen LogP contribution is -2.22. The summed E-state index contributed by atoms with van der Waals surface area (Å²) in [7, 11) is 0. The number of hydrogen-bond donors (Lipinski definition) is 1. The number of benzene rings is 2. The zero-order valence-electron chi connectivity index (χ0n) is 11.0. The van der Waals surface area contributed by atoms with Gasteiger partial charge < -0.3 is 5.32 Å². The molecule has 0 fully saturated rings. The van der Waals surface area contributed by atoms with Gasteiger partial charge in [0.05, 0.1) is 11.0 Å². The van der Waals surface area contributed by atoms with Crippen LogP contribution in [0.4, 0.5) is 5.69 Å². The highest BCUT2D eigenvalue weighted by Gasteiger charge is 2.19. The molecule has 0 heterocycles. The van der Waals surface area contributed by atoms with Gasteiger partial charge in [-0.3, -0.25) is 14.9 Å². The summed E-state index contributed by atoms with van der Waals surface area (Å²) in [4.78, 5) is 21.4. The molecular weight excluding hydrogens is 292 g/mol. The first-order valence-corrected chi connectivity index (χ1v) is 6.67. The van der Waals surface area contributed by atoms with Crippen molar-refractivity contribution in [3.05, 3.63) is 74.8 Å². The maximum absolute atomic E-state index is 11.1. The van der Waals surface area contributed by atoms with Gasteiger partial charge in [0.15, 0.2) is 0 Å². The van der Waals surface area contributed by atoms with Crippen molar-refractivity contribution in [1.82, 2.24) is 5.32 Å². The number of carbonyl (C=O) groups is 1. The normalized spacial score (nSPS) is 11.7. The average molecular weight is 305 g/mol. The number of nitrogens with one attached hydrogen (secondary N) is 1. The molecule has 0 aliphatic rings. The number of halogens is 1. The molecule has 0 bridgehead atoms. The predicted octanol–water partition coefficient (Wildman–Crippen LogP) is 3.28. The van der Waals surface area contributed by atoms with E-state index >= 15 is 0 Å². The maximum atomic E-state index is 11.1. The molecule has 1 N–H and O–H groups in total. The van der Waals surface area contributed by atoms with Gasteiger partial charge in [0.2, 0.25) is 6.41 Å². The van der Waals surface area contributed by atoms with Crippen molar-refractivity contribution in [2.24, 2.45) is 0 Å². The number of amides is 1. The lowest BCUT2D eigenvalue weighted by molar-refractivity contribution is -0.385. The zero-order chi connectivity index (χ0) is 15.2. The maximum Gasteiger partial charge on any atom is 0.272 e. The highest BCUT2D eigenvalue weighted by atomic mass is 35.5. The SMILES string of the molecule is O=CN[C@@H](Cc1cc(Cl)ccc1[N+](=O)[O-])c1ccccc1. The Balaban J connectivity index is 2.35. The molecule has 0 aliphatic heterocycles. The Morgan fingerprint density at radius 3 is 2.57 bits per heavy atom. The lowest BCUT2D eigenvalue weighted by atomic mass is 9.98. The first kappa shape index (κ1) is 15.0. The number of nitrogens with zero attached hydrogens (tertiary/aromatic N) is 1. The Morgan fingerprint density at radius 2 is 1.95 bits per heavy atom. The molecule has 0 unspecified atom stereocenters. The highest BCUT2D eigenvalue weighted by molar-refractivity contribution is 6.30. The van der Waals surface area contributed by atoms with Crippen LogP contribution in [0.15, 0.2) is 48.5 Å². The largest absolute Gasteiger partial charge is 0.352 e. The van der Waals surface area contributed by atoms with E-state index in [0.29, 0.717) is 23.4 Å². The summed E-state index contributed by atoms with van der Waals surface area (Å²) < 4.78 is 0. The smallest absolute Gasteiger partial charge is 0.272 e. The third kappa shape index (κ3) is 3.79. The standard InChI is InChI=1S/C15H13ClN2O3/c16-13-6-7-15(18(20)21)12(8-13)9-14(17-10-19)11-4-2-1-3-5-11/h1-8,10,14H,9H2,(H,17,19)/t14-/m0/s1. The summed E-state index contributed by atoms with van der Waals surface area (Å²) in [5.74, 6) is 0. The van der Waals surface area contributed by atoms with E-state index in [1.807, 2.05) is 30.3 Å². The van der Waals surface area contributed by atoms with E-state index in [9.17, 15) is 14.9 Å². The molecule has 6 heteroatoms. The topological polar surface area (TPSA) is 72.2 Å². The van der Waals surface area contributed by atoms with E-state index in [0.717, 1.165) is 5.56 Å². The molecule has 5 nitrogen and oxygen atoms in total. The van der Waals surface area contributed by atoms with E-state index in [1.54, 1.807) is 6.07 Å². The summed E-state index contributed by atoms with van der Waals surface area (Å²) in [6.07, 6.45) is 0.883. The fraction of sp³-hybridized carbons (Fsp3) is 0.133. The number of nitro groups is 1. The number of rotatable bonds is 6. The molecule has 108 valence electrons. The number of carbonyl (C=O) groups excluding carboxylic acids is 1. The Morgan fingerprint density at radius 1 is 1.24 bits per heavy atom. The van der Waals surface area contributed by atoms with E-state index < -0.39 is 4.92 Å². The first-order valence-electron chi connectivity index (χ1n) is 6.29. The van der Waals surface area contributed by atoms with Crippen molar-refractivity contribution in [3.8, 4) is 0 Å². The summed E-state index contributed by atoms with van der Waals surface area (Å²) in [6, 6.07) is 13.3. The van der Waals surface area contributed by atoms with E-state index in [4.69, 9.17) is 11.6 Å². The van der Waals surface area contributed by atoms with Crippen LogP contribution >= 0.6 is 11.6 Å². The van der Waals surface area contributed by atoms with Gasteiger partial charge in [0, 0.05) is 23.1 Å². The minimum absolute atomic E-state index is 0.00645. The Bertz CT molecular complexity index is 647. The second kappa shape index (κ2) is 6.85. The summed E-state index contributed by atoms with van der Waals surface area (Å²) in [6.45, 7) is 0. The predicted molar refractivity (Wildman–Crippen MR) is 80.2 cm³/mol. The van der Waals surface area contributed by atoms with Crippen LogP contribution in [-0.2, 0) is 11.2 Å². The number of nitro benzene ring substituents is 1. The van der Waals surface area contributed by atoms with Crippen molar-refractivity contribution < 1.29 is 9.72 Å². The Kier molecular flexibility index (Phi) is 4.90. The summed E-state index contributed by atoms with van der Waals surface area (Å²) in [5, 5.41) is 14.2. The molecule has 0 spiro atoms. The molecule has 1 amide bonds. The molecule has 2 aromatic carbocycles. The van der Waals surface area contributed by atoms with Crippen LogP contribution in [0, 0.1) is 10.1 Å². The average Bonchev–Trinajstić information content (AvgIpc) is 2.47. The van der Waals surface area contributed by atoms with Crippen LogP contribution in [0.5, 0.6) is 0 Å². The van der Waals surface area contributed by atoms with E-state index in [-0.39, 0.29) is 11.7 Å². The molecule has 0 aromatic heterocycles. The van der Waals surface area contributed by atoms with E-state index in [1.165, 1.54) is 12.1 Å². The van der Waals surface area contributed by atoms with Crippen molar-refractivity contribution in [3.63, 3.8) is 0 Å². The van der Waals surface area contributed by atoms with Crippen molar-refractivity contribution in [1.29, 1.82) is 0 Å². The lowest BCUT2D eigenvalue weighted by Gasteiger charge is -2.16. The van der Waals surface area contributed by atoms with Gasteiger partial charge >= 0.3 is 0 Å². The van der Waals surface area contributed by atoms with Crippen LogP contribution in [0.25, 0.3) is 0 Å². The van der Waals surface area contributed by atoms with Crippen LogP contribution in [0.2, 0.25) is 5.02 Å². The van der Waals surface area contributed by atoms with Gasteiger partial charge in [0.25, 0.3) is 5.69 Å². The molecule has 0 aliphatic carbocycles. The van der Waals surface area contributed by atoms with Gasteiger partial charge in [-0.05, 0) is 17.7 Å². The Labute approximate surface area is 126 Å². The molecule has 2 rings (SSSR count). The molecule has 0 saturated carbocycles. The second-order valence-corrected chi connectivity index (χ2v) is 4.92. The Hall–Kier alpha value is -2.40. The molecule has 0 radical (unpaired) electrons. The molecule has 21 heavy (non-hydrogen) atoms. The highest BCUT2D eigenvalue weighted by Crippen LogP contribution is 2.27. The molecule has 1 atom stereocenters. The fourth-order valence-electron chi connectivity index (χ4n) is 2.16. The van der Waals surface area contributed by atoms with Gasteiger partial charge in [-0.15, -0.1) is 0 Å². The molecular formula is C15H13ClN2O3. The second-order valence-electron chi connectivity index (χ2n) is 4.48. The van der Waals surface area contributed by atoms with Gasteiger partial charge in [-0.2, -0.15) is 0 Å². The monoisotopic (exact) mass is 304 g/mol. The molecule has 0 saturated heterocycles. The van der Waals surface area contributed by atoms with Gasteiger partial charge in [-0.25, -0.2) is 0 Å². The third-order valence-electron chi connectivity index (χ3n) is 3.13. The van der Waals surface area contributed by atoms with Crippen LogP contribution in [0.3, 0.4) is 0 Å². The third-order valence-corrected chi connectivity index (χ3v) is 3.37. The fourth-order valence-corrected chi connectivity index (χ4v) is 2.35. The minimum Gasteiger partial charge on any atom is -0.352 e. The first-order chi connectivity index (χ1) is 10.1.